The quantitative estimate of drug-likeness (QED) is 0.369. The predicted octanol–water partition coefficient (Wildman–Crippen LogP) is 5.15. The van der Waals surface area contributed by atoms with Crippen molar-refractivity contribution >= 4 is 33.2 Å². The highest BCUT2D eigenvalue weighted by Gasteiger charge is 2.38. The lowest BCUT2D eigenvalue weighted by molar-refractivity contribution is 0.255. The standard InChI is InChI=1S/C29H36N6O2S/c1-19-18-30-29(32-23-7-3-20(4-8-23)21-13-15-35(2)16-14-21)33-28(19)31-24-9-5-22-6-12-27(26(22)17-24)34-38(36,37)25-10-11-25/h3-5,7-9,17-18,21,25,27,34H,6,10-16H2,1-2H3,(H2,30,31,32,33). The summed E-state index contributed by atoms with van der Waals surface area (Å²) in [4.78, 5) is 11.6. The molecule has 6 rings (SSSR count). The number of benzene rings is 2. The van der Waals surface area contributed by atoms with E-state index in [1.54, 1.807) is 0 Å². The summed E-state index contributed by atoms with van der Waals surface area (Å²) < 4.78 is 28.0. The zero-order chi connectivity index (χ0) is 26.3. The molecule has 1 atom stereocenters. The van der Waals surface area contributed by atoms with Crippen LogP contribution in [0.15, 0.2) is 48.7 Å². The summed E-state index contributed by atoms with van der Waals surface area (Å²) in [6.07, 6.45) is 7.42. The molecule has 2 fully saturated rings. The molecular formula is C29H36N6O2S. The Hall–Kier alpha value is -3.01. The van der Waals surface area contributed by atoms with Crippen molar-refractivity contribution in [3.63, 3.8) is 0 Å². The molecule has 1 saturated heterocycles. The number of anilines is 4. The number of hydrogen-bond acceptors (Lipinski definition) is 7. The number of hydrogen-bond donors (Lipinski definition) is 3. The number of nitrogens with zero attached hydrogens (tertiary/aromatic N) is 3. The van der Waals surface area contributed by atoms with E-state index in [-0.39, 0.29) is 11.3 Å². The molecule has 3 aliphatic rings. The van der Waals surface area contributed by atoms with Gasteiger partial charge in [0.1, 0.15) is 5.82 Å². The van der Waals surface area contributed by atoms with Crippen LogP contribution in [0.2, 0.25) is 0 Å². The molecule has 38 heavy (non-hydrogen) atoms. The van der Waals surface area contributed by atoms with Crippen molar-refractivity contribution in [2.45, 2.75) is 62.7 Å². The zero-order valence-electron chi connectivity index (χ0n) is 22.1. The molecule has 1 unspecified atom stereocenters. The number of sulfonamides is 1. The van der Waals surface area contributed by atoms with Gasteiger partial charge in [-0.05, 0) is 112 Å². The van der Waals surface area contributed by atoms with E-state index in [9.17, 15) is 8.42 Å². The number of piperidine rings is 1. The summed E-state index contributed by atoms with van der Waals surface area (Å²) in [5, 5.41) is 6.55. The molecule has 2 heterocycles. The van der Waals surface area contributed by atoms with Crippen molar-refractivity contribution in [3.05, 3.63) is 70.9 Å². The van der Waals surface area contributed by atoms with Gasteiger partial charge in [0.15, 0.2) is 0 Å². The van der Waals surface area contributed by atoms with Gasteiger partial charge in [0.2, 0.25) is 16.0 Å². The van der Waals surface area contributed by atoms with Crippen molar-refractivity contribution in [2.24, 2.45) is 0 Å². The maximum atomic E-state index is 12.5. The van der Waals surface area contributed by atoms with E-state index >= 15 is 0 Å². The van der Waals surface area contributed by atoms with Crippen LogP contribution in [0.25, 0.3) is 0 Å². The van der Waals surface area contributed by atoms with Gasteiger partial charge in [0.25, 0.3) is 0 Å². The third-order valence-corrected chi connectivity index (χ3v) is 10.0. The Kier molecular flexibility index (Phi) is 6.84. The molecule has 9 heteroatoms. The number of likely N-dealkylation sites (tertiary alicyclic amines) is 1. The smallest absolute Gasteiger partial charge is 0.229 e. The Morgan fingerprint density at radius 3 is 2.39 bits per heavy atom. The lowest BCUT2D eigenvalue weighted by atomic mass is 9.89. The fourth-order valence-electron chi connectivity index (χ4n) is 5.55. The number of fused-ring (bicyclic) bond motifs is 1. The highest BCUT2D eigenvalue weighted by atomic mass is 32.2. The van der Waals surface area contributed by atoms with E-state index in [0.29, 0.717) is 11.9 Å². The van der Waals surface area contributed by atoms with Crippen molar-refractivity contribution in [3.8, 4) is 0 Å². The Balaban J connectivity index is 1.14. The number of aryl methyl sites for hydroxylation is 2. The van der Waals surface area contributed by atoms with Crippen LogP contribution >= 0.6 is 0 Å². The van der Waals surface area contributed by atoms with Crippen molar-refractivity contribution in [1.29, 1.82) is 0 Å². The van der Waals surface area contributed by atoms with E-state index in [2.05, 4.69) is 68.7 Å². The summed E-state index contributed by atoms with van der Waals surface area (Å²) in [5.41, 5.74) is 6.42. The average Bonchev–Trinajstić information content (AvgIpc) is 3.71. The van der Waals surface area contributed by atoms with Crippen LogP contribution < -0.4 is 15.4 Å². The second-order valence-electron chi connectivity index (χ2n) is 11.0. The Labute approximate surface area is 225 Å². The van der Waals surface area contributed by atoms with Crippen LogP contribution in [0, 0.1) is 6.92 Å². The summed E-state index contributed by atoms with van der Waals surface area (Å²) in [6.45, 7) is 4.28. The van der Waals surface area contributed by atoms with Gasteiger partial charge in [-0.1, -0.05) is 18.2 Å². The molecule has 2 aliphatic carbocycles. The molecular weight excluding hydrogens is 496 g/mol. The Morgan fingerprint density at radius 1 is 0.921 bits per heavy atom. The molecule has 1 aromatic heterocycles. The largest absolute Gasteiger partial charge is 0.340 e. The van der Waals surface area contributed by atoms with Crippen LogP contribution in [0.5, 0.6) is 0 Å². The van der Waals surface area contributed by atoms with Crippen LogP contribution in [-0.2, 0) is 16.4 Å². The highest BCUT2D eigenvalue weighted by Crippen LogP contribution is 2.37. The van der Waals surface area contributed by atoms with Crippen molar-refractivity contribution in [1.82, 2.24) is 19.6 Å². The lowest BCUT2D eigenvalue weighted by Crippen LogP contribution is -2.30. The van der Waals surface area contributed by atoms with Gasteiger partial charge in [0, 0.05) is 29.2 Å². The Bertz CT molecular complexity index is 1410. The first-order chi connectivity index (χ1) is 18.3. The minimum absolute atomic E-state index is 0.168. The molecule has 0 amide bonds. The van der Waals surface area contributed by atoms with Crippen LogP contribution in [0.1, 0.15) is 66.3 Å². The summed E-state index contributed by atoms with van der Waals surface area (Å²) >= 11 is 0. The topological polar surface area (TPSA) is 99.2 Å². The van der Waals surface area contributed by atoms with Gasteiger partial charge < -0.3 is 15.5 Å². The van der Waals surface area contributed by atoms with Gasteiger partial charge in [-0.25, -0.2) is 18.1 Å². The third-order valence-electron chi connectivity index (χ3n) is 8.08. The second-order valence-corrected chi connectivity index (χ2v) is 13.0. The van der Waals surface area contributed by atoms with Crippen molar-refractivity contribution in [2.75, 3.05) is 30.8 Å². The molecule has 1 saturated carbocycles. The normalized spacial score (nSPS) is 20.3. The average molecular weight is 533 g/mol. The number of rotatable bonds is 8. The molecule has 3 aromatic rings. The lowest BCUT2D eigenvalue weighted by Gasteiger charge is -2.29. The van der Waals surface area contributed by atoms with Gasteiger partial charge in [-0.15, -0.1) is 0 Å². The summed E-state index contributed by atoms with van der Waals surface area (Å²) in [5.74, 6) is 1.88. The maximum Gasteiger partial charge on any atom is 0.229 e. The number of nitrogens with one attached hydrogen (secondary N) is 3. The van der Waals surface area contributed by atoms with E-state index in [1.807, 2.05) is 19.2 Å². The van der Waals surface area contributed by atoms with E-state index in [4.69, 9.17) is 4.98 Å². The SMILES string of the molecule is Cc1cnc(Nc2ccc(C3CCN(C)CC3)cc2)nc1Nc1ccc2c(c1)C(NS(=O)(=O)C1CC1)CC2. The molecule has 0 radical (unpaired) electrons. The van der Waals surface area contributed by atoms with E-state index in [0.717, 1.165) is 67.1 Å². The summed E-state index contributed by atoms with van der Waals surface area (Å²) in [7, 11) is -1.05. The van der Waals surface area contributed by atoms with Gasteiger partial charge in [-0.3, -0.25) is 0 Å². The fraction of sp³-hybridized carbons (Fsp3) is 0.448. The van der Waals surface area contributed by atoms with Crippen LogP contribution in [0.4, 0.5) is 23.1 Å². The molecule has 8 nitrogen and oxygen atoms in total. The fourth-order valence-corrected chi connectivity index (χ4v) is 7.14. The molecule has 1 aliphatic heterocycles. The first-order valence-electron chi connectivity index (χ1n) is 13.6. The first kappa shape index (κ1) is 25.3. The summed E-state index contributed by atoms with van der Waals surface area (Å²) in [6, 6.07) is 14.6. The maximum absolute atomic E-state index is 12.5. The zero-order valence-corrected chi connectivity index (χ0v) is 22.9. The van der Waals surface area contributed by atoms with E-state index in [1.165, 1.54) is 24.0 Å². The molecule has 3 N–H and O–H groups in total. The van der Waals surface area contributed by atoms with Gasteiger partial charge >= 0.3 is 0 Å². The predicted molar refractivity (Wildman–Crippen MR) is 152 cm³/mol. The second kappa shape index (κ2) is 10.3. The molecule has 0 spiro atoms. The highest BCUT2D eigenvalue weighted by molar-refractivity contribution is 7.90. The first-order valence-corrected chi connectivity index (χ1v) is 15.2. The number of aromatic nitrogens is 2. The molecule has 2 aromatic carbocycles. The van der Waals surface area contributed by atoms with Crippen molar-refractivity contribution < 1.29 is 8.42 Å². The van der Waals surface area contributed by atoms with E-state index < -0.39 is 10.0 Å². The monoisotopic (exact) mass is 532 g/mol. The van der Waals surface area contributed by atoms with Crippen LogP contribution in [0.3, 0.4) is 0 Å². The minimum atomic E-state index is -3.24. The molecule has 200 valence electrons. The Morgan fingerprint density at radius 2 is 1.66 bits per heavy atom. The van der Waals surface area contributed by atoms with Crippen LogP contribution in [-0.4, -0.2) is 48.7 Å². The van der Waals surface area contributed by atoms with Gasteiger partial charge in [-0.2, -0.15) is 4.98 Å². The minimum Gasteiger partial charge on any atom is -0.340 e. The van der Waals surface area contributed by atoms with Gasteiger partial charge in [0.05, 0.1) is 5.25 Å². The third kappa shape index (κ3) is 5.55. The molecule has 0 bridgehead atoms.